The van der Waals surface area contributed by atoms with Gasteiger partial charge in [0.2, 0.25) is 0 Å². The number of hydrogen-bond acceptors (Lipinski definition) is 2. The first-order valence-corrected chi connectivity index (χ1v) is 7.14. The molecule has 0 saturated heterocycles. The first kappa shape index (κ1) is 12.7. The Balaban J connectivity index is 1.83. The van der Waals surface area contributed by atoms with E-state index in [4.69, 9.17) is 0 Å². The third-order valence-electron chi connectivity index (χ3n) is 3.82. The van der Waals surface area contributed by atoms with E-state index in [-0.39, 0.29) is 5.75 Å². The molecule has 1 heterocycles. The smallest absolute Gasteiger partial charge is 0.141 e. The molecule has 0 unspecified atom stereocenters. The normalized spacial score (nSPS) is 10.9. The number of imidazole rings is 1. The number of phenols is 1. The van der Waals surface area contributed by atoms with Gasteiger partial charge in [-0.15, -0.1) is 0 Å². The Morgan fingerprint density at radius 3 is 2.45 bits per heavy atom. The number of nitrogens with one attached hydrogen (secondary N) is 1. The topological polar surface area (TPSA) is 48.9 Å². The molecule has 2 N–H and O–H groups in total. The van der Waals surface area contributed by atoms with E-state index in [1.54, 1.807) is 6.20 Å². The highest BCUT2D eigenvalue weighted by molar-refractivity contribution is 5.93. The van der Waals surface area contributed by atoms with Gasteiger partial charge in [-0.1, -0.05) is 60.7 Å². The van der Waals surface area contributed by atoms with Crippen molar-refractivity contribution < 1.29 is 5.11 Å². The Kier molecular flexibility index (Phi) is 2.90. The van der Waals surface area contributed by atoms with E-state index in [0.717, 1.165) is 22.0 Å². The molecule has 3 aromatic carbocycles. The van der Waals surface area contributed by atoms with Crippen LogP contribution in [0.4, 0.5) is 0 Å². The summed E-state index contributed by atoms with van der Waals surface area (Å²) in [5.41, 5.74) is 2.71. The molecular formula is C19H14N2O. The second-order valence-electron chi connectivity index (χ2n) is 5.19. The summed E-state index contributed by atoms with van der Waals surface area (Å²) >= 11 is 0. The molecule has 0 aliphatic heterocycles. The highest BCUT2D eigenvalue weighted by Gasteiger charge is 2.11. The molecule has 0 spiro atoms. The summed E-state index contributed by atoms with van der Waals surface area (Å²) in [5.74, 6) is 0.925. The highest BCUT2D eigenvalue weighted by atomic mass is 16.3. The largest absolute Gasteiger partial charge is 0.507 e. The molecule has 1 aromatic heterocycles. The zero-order chi connectivity index (χ0) is 14.9. The van der Waals surface area contributed by atoms with Crippen molar-refractivity contribution in [1.29, 1.82) is 0 Å². The van der Waals surface area contributed by atoms with E-state index in [9.17, 15) is 5.11 Å². The number of benzene rings is 3. The van der Waals surface area contributed by atoms with Crippen LogP contribution in [0.1, 0.15) is 0 Å². The predicted molar refractivity (Wildman–Crippen MR) is 88.6 cm³/mol. The Bertz CT molecular complexity index is 942. The quantitative estimate of drug-likeness (QED) is 0.565. The van der Waals surface area contributed by atoms with Crippen molar-refractivity contribution in [3.8, 4) is 28.4 Å². The van der Waals surface area contributed by atoms with Gasteiger partial charge in [0.25, 0.3) is 0 Å². The second-order valence-corrected chi connectivity index (χ2v) is 5.19. The van der Waals surface area contributed by atoms with Crippen LogP contribution in [0.15, 0.2) is 72.9 Å². The van der Waals surface area contributed by atoms with Crippen LogP contribution in [0.2, 0.25) is 0 Å². The molecule has 0 bridgehead atoms. The number of rotatable bonds is 2. The Hall–Kier alpha value is -3.07. The van der Waals surface area contributed by atoms with E-state index in [1.807, 2.05) is 66.7 Å². The van der Waals surface area contributed by atoms with Gasteiger partial charge in [-0.25, -0.2) is 4.98 Å². The molecule has 22 heavy (non-hydrogen) atoms. The van der Waals surface area contributed by atoms with E-state index in [0.29, 0.717) is 11.4 Å². The fourth-order valence-corrected chi connectivity index (χ4v) is 2.67. The number of nitrogens with zero attached hydrogens (tertiary/aromatic N) is 1. The molecule has 0 saturated carbocycles. The number of aromatic hydroxyl groups is 1. The maximum absolute atomic E-state index is 10.5. The maximum atomic E-state index is 10.5. The molecular weight excluding hydrogens is 272 g/mol. The number of H-pyrrole nitrogens is 1. The molecule has 106 valence electrons. The highest BCUT2D eigenvalue weighted by Crippen LogP contribution is 2.35. The molecule has 3 heteroatoms. The van der Waals surface area contributed by atoms with Crippen LogP contribution in [0.3, 0.4) is 0 Å². The Morgan fingerprint density at radius 2 is 1.59 bits per heavy atom. The monoisotopic (exact) mass is 286 g/mol. The van der Waals surface area contributed by atoms with Crippen molar-refractivity contribution >= 4 is 10.8 Å². The standard InChI is InChI=1S/C19H14N2O/c22-18-15-9-5-4-6-13(15)10-11-16(18)19-20-12-17(21-19)14-7-2-1-3-8-14/h1-12,22H,(H,20,21). The molecule has 0 aliphatic rings. The summed E-state index contributed by atoms with van der Waals surface area (Å²) in [6.07, 6.45) is 1.79. The Morgan fingerprint density at radius 1 is 0.818 bits per heavy atom. The van der Waals surface area contributed by atoms with Crippen LogP contribution >= 0.6 is 0 Å². The average molecular weight is 286 g/mol. The van der Waals surface area contributed by atoms with E-state index in [1.165, 1.54) is 0 Å². The minimum atomic E-state index is 0.257. The van der Waals surface area contributed by atoms with Crippen molar-refractivity contribution in [2.45, 2.75) is 0 Å². The van der Waals surface area contributed by atoms with Crippen LogP contribution in [0.5, 0.6) is 5.75 Å². The lowest BCUT2D eigenvalue weighted by atomic mass is 10.1. The van der Waals surface area contributed by atoms with Gasteiger partial charge in [0.1, 0.15) is 11.6 Å². The van der Waals surface area contributed by atoms with Crippen LogP contribution in [0.25, 0.3) is 33.4 Å². The first-order chi connectivity index (χ1) is 10.8. The van der Waals surface area contributed by atoms with Gasteiger partial charge in [0, 0.05) is 5.39 Å². The van der Waals surface area contributed by atoms with Crippen molar-refractivity contribution in [2.75, 3.05) is 0 Å². The van der Waals surface area contributed by atoms with Crippen molar-refractivity contribution in [3.63, 3.8) is 0 Å². The van der Waals surface area contributed by atoms with Gasteiger partial charge in [-0.05, 0) is 17.0 Å². The van der Waals surface area contributed by atoms with Gasteiger partial charge in [0.05, 0.1) is 17.5 Å². The third kappa shape index (κ3) is 2.04. The van der Waals surface area contributed by atoms with Crippen molar-refractivity contribution in [1.82, 2.24) is 9.97 Å². The van der Waals surface area contributed by atoms with Crippen LogP contribution in [-0.2, 0) is 0 Å². The predicted octanol–water partition coefficient (Wildman–Crippen LogP) is 4.60. The van der Waals surface area contributed by atoms with E-state index >= 15 is 0 Å². The lowest BCUT2D eigenvalue weighted by Gasteiger charge is -2.05. The number of hydrogen-bond donors (Lipinski definition) is 2. The number of fused-ring (bicyclic) bond motifs is 1. The summed E-state index contributed by atoms with van der Waals surface area (Å²) in [6.45, 7) is 0. The SMILES string of the molecule is Oc1c(-c2ncc(-c3ccccc3)[nH]2)ccc2ccccc12. The molecule has 4 aromatic rings. The zero-order valence-corrected chi connectivity index (χ0v) is 11.8. The van der Waals surface area contributed by atoms with Gasteiger partial charge >= 0.3 is 0 Å². The fraction of sp³-hybridized carbons (Fsp3) is 0. The Labute approximate surface area is 127 Å². The molecule has 0 radical (unpaired) electrons. The van der Waals surface area contributed by atoms with E-state index < -0.39 is 0 Å². The first-order valence-electron chi connectivity index (χ1n) is 7.14. The van der Waals surface area contributed by atoms with Crippen molar-refractivity contribution in [2.24, 2.45) is 0 Å². The summed E-state index contributed by atoms with van der Waals surface area (Å²) < 4.78 is 0. The van der Waals surface area contributed by atoms with E-state index in [2.05, 4.69) is 9.97 Å². The zero-order valence-electron chi connectivity index (χ0n) is 11.8. The van der Waals surface area contributed by atoms with Gasteiger partial charge in [-0.2, -0.15) is 0 Å². The number of aromatic nitrogens is 2. The molecule has 0 aliphatic carbocycles. The molecule has 0 fully saturated rings. The molecule has 3 nitrogen and oxygen atoms in total. The average Bonchev–Trinajstić information content (AvgIpc) is 3.06. The van der Waals surface area contributed by atoms with Crippen LogP contribution in [-0.4, -0.2) is 15.1 Å². The summed E-state index contributed by atoms with van der Waals surface area (Å²) in [5, 5.41) is 12.4. The maximum Gasteiger partial charge on any atom is 0.141 e. The molecule has 0 amide bonds. The summed E-state index contributed by atoms with van der Waals surface area (Å²) in [6, 6.07) is 21.7. The fourth-order valence-electron chi connectivity index (χ4n) is 2.67. The van der Waals surface area contributed by atoms with Crippen molar-refractivity contribution in [3.05, 3.63) is 72.9 Å². The number of aromatic amines is 1. The second kappa shape index (κ2) is 5.04. The third-order valence-corrected chi connectivity index (χ3v) is 3.82. The number of phenolic OH excluding ortho intramolecular Hbond substituents is 1. The van der Waals surface area contributed by atoms with Gasteiger partial charge in [0.15, 0.2) is 0 Å². The van der Waals surface area contributed by atoms with Crippen LogP contribution < -0.4 is 0 Å². The van der Waals surface area contributed by atoms with Gasteiger partial charge < -0.3 is 10.1 Å². The summed E-state index contributed by atoms with van der Waals surface area (Å²) in [4.78, 5) is 7.70. The summed E-state index contributed by atoms with van der Waals surface area (Å²) in [7, 11) is 0. The molecule has 4 rings (SSSR count). The van der Waals surface area contributed by atoms with Crippen LogP contribution in [0, 0.1) is 0 Å². The minimum absolute atomic E-state index is 0.257. The lowest BCUT2D eigenvalue weighted by molar-refractivity contribution is 0.483. The molecule has 0 atom stereocenters. The lowest BCUT2D eigenvalue weighted by Crippen LogP contribution is -1.84. The minimum Gasteiger partial charge on any atom is -0.507 e. The van der Waals surface area contributed by atoms with Gasteiger partial charge in [-0.3, -0.25) is 0 Å².